The summed E-state index contributed by atoms with van der Waals surface area (Å²) in [7, 11) is 2.24. The van der Waals surface area contributed by atoms with Crippen molar-refractivity contribution in [3.63, 3.8) is 0 Å². The Kier molecular flexibility index (Phi) is 5.53. The van der Waals surface area contributed by atoms with Gasteiger partial charge in [-0.25, -0.2) is 4.98 Å². The molecule has 6 nitrogen and oxygen atoms in total. The predicted molar refractivity (Wildman–Crippen MR) is 102 cm³/mol. The zero-order valence-corrected chi connectivity index (χ0v) is 15.6. The Morgan fingerprint density at radius 1 is 1.08 bits per heavy atom. The number of hydrogen-bond acceptors (Lipinski definition) is 5. The Morgan fingerprint density at radius 3 is 2.73 bits per heavy atom. The van der Waals surface area contributed by atoms with Gasteiger partial charge in [-0.15, -0.1) is 0 Å². The fraction of sp³-hybridized carbons (Fsp3) is 0.550. The predicted octanol–water partition coefficient (Wildman–Crippen LogP) is 1.39. The van der Waals surface area contributed by atoms with Crippen LogP contribution in [0, 0.1) is 0 Å². The molecule has 3 heterocycles. The van der Waals surface area contributed by atoms with Crippen molar-refractivity contribution in [2.24, 2.45) is 0 Å². The smallest absolute Gasteiger partial charge is 0.119 e. The van der Waals surface area contributed by atoms with E-state index in [9.17, 15) is 0 Å². The zero-order chi connectivity index (χ0) is 17.8. The van der Waals surface area contributed by atoms with Gasteiger partial charge in [-0.3, -0.25) is 9.80 Å². The van der Waals surface area contributed by atoms with Gasteiger partial charge in [0.05, 0.1) is 12.9 Å². The minimum atomic E-state index is 0.660. The molecule has 0 N–H and O–H groups in total. The quantitative estimate of drug-likeness (QED) is 0.783. The summed E-state index contributed by atoms with van der Waals surface area (Å²) in [6.07, 6.45) is 5.56. The van der Waals surface area contributed by atoms with E-state index in [1.165, 1.54) is 44.8 Å². The molecular formula is C20H29N5O. The molecule has 2 aliphatic heterocycles. The summed E-state index contributed by atoms with van der Waals surface area (Å²) in [5.41, 5.74) is 1.37. The molecule has 4 rings (SSSR count). The molecule has 2 aliphatic rings. The zero-order valence-electron chi connectivity index (χ0n) is 15.6. The van der Waals surface area contributed by atoms with Crippen molar-refractivity contribution in [2.75, 3.05) is 52.9 Å². The Bertz CT molecular complexity index is 672. The van der Waals surface area contributed by atoms with Gasteiger partial charge < -0.3 is 14.2 Å². The van der Waals surface area contributed by atoms with E-state index in [1.54, 1.807) is 6.20 Å². The lowest BCUT2D eigenvalue weighted by molar-refractivity contribution is 0.0175. The number of benzene rings is 1. The summed E-state index contributed by atoms with van der Waals surface area (Å²) in [5.74, 6) is 0.938. The van der Waals surface area contributed by atoms with Gasteiger partial charge in [0.2, 0.25) is 0 Å². The normalized spacial score (nSPS) is 22.3. The van der Waals surface area contributed by atoms with Crippen LogP contribution in [0.2, 0.25) is 0 Å². The van der Waals surface area contributed by atoms with Crippen molar-refractivity contribution in [1.29, 1.82) is 0 Å². The molecule has 1 atom stereocenters. The molecule has 1 aromatic carbocycles. The number of aromatic nitrogens is 2. The highest BCUT2D eigenvalue weighted by molar-refractivity contribution is 5.27. The Labute approximate surface area is 156 Å². The molecule has 2 aromatic rings. The number of fused-ring (bicyclic) bond motifs is 1. The second-order valence-corrected chi connectivity index (χ2v) is 7.48. The number of imidazole rings is 1. The highest BCUT2D eigenvalue weighted by Crippen LogP contribution is 2.18. The van der Waals surface area contributed by atoms with Crippen LogP contribution >= 0.6 is 0 Å². The topological polar surface area (TPSA) is 36.8 Å². The molecule has 2 saturated heterocycles. The highest BCUT2D eigenvalue weighted by atomic mass is 16.5. The summed E-state index contributed by atoms with van der Waals surface area (Å²) < 4.78 is 7.86. The molecular weight excluding hydrogens is 326 g/mol. The first-order valence-corrected chi connectivity index (χ1v) is 9.59. The first kappa shape index (κ1) is 17.5. The summed E-state index contributed by atoms with van der Waals surface area (Å²) in [5, 5.41) is 0. The van der Waals surface area contributed by atoms with Gasteiger partial charge in [-0.1, -0.05) is 12.1 Å². The molecule has 1 aromatic heterocycles. The van der Waals surface area contributed by atoms with Gasteiger partial charge in [0, 0.05) is 64.2 Å². The van der Waals surface area contributed by atoms with Crippen molar-refractivity contribution >= 4 is 0 Å². The highest BCUT2D eigenvalue weighted by Gasteiger charge is 2.30. The molecule has 0 aliphatic carbocycles. The summed E-state index contributed by atoms with van der Waals surface area (Å²) in [4.78, 5) is 11.8. The van der Waals surface area contributed by atoms with E-state index in [4.69, 9.17) is 4.74 Å². The molecule has 0 bridgehead atoms. The van der Waals surface area contributed by atoms with Crippen molar-refractivity contribution < 1.29 is 4.74 Å². The molecule has 140 valence electrons. The van der Waals surface area contributed by atoms with Crippen LogP contribution in [0.25, 0.3) is 0 Å². The van der Waals surface area contributed by atoms with Gasteiger partial charge in [0.25, 0.3) is 0 Å². The van der Waals surface area contributed by atoms with E-state index in [-0.39, 0.29) is 0 Å². The number of ether oxygens (including phenoxy) is 1. The van der Waals surface area contributed by atoms with Gasteiger partial charge in [0.1, 0.15) is 12.4 Å². The lowest BCUT2D eigenvalue weighted by Crippen LogP contribution is -2.60. The van der Waals surface area contributed by atoms with E-state index in [0.29, 0.717) is 12.6 Å². The number of rotatable bonds is 6. The van der Waals surface area contributed by atoms with Crippen LogP contribution in [0.4, 0.5) is 0 Å². The number of piperazine rings is 2. The van der Waals surface area contributed by atoms with Gasteiger partial charge in [-0.05, 0) is 24.7 Å². The maximum Gasteiger partial charge on any atom is 0.119 e. The van der Waals surface area contributed by atoms with Gasteiger partial charge in [-0.2, -0.15) is 0 Å². The number of nitrogens with zero attached hydrogens (tertiary/aromatic N) is 5. The van der Waals surface area contributed by atoms with E-state index in [0.717, 1.165) is 18.8 Å². The van der Waals surface area contributed by atoms with Crippen LogP contribution in [0.1, 0.15) is 5.56 Å². The minimum Gasteiger partial charge on any atom is -0.492 e. The summed E-state index contributed by atoms with van der Waals surface area (Å²) in [6.45, 7) is 9.68. The largest absolute Gasteiger partial charge is 0.492 e. The molecule has 0 spiro atoms. The van der Waals surface area contributed by atoms with Gasteiger partial charge in [0.15, 0.2) is 0 Å². The lowest BCUT2D eigenvalue weighted by atomic mass is 10.1. The second kappa shape index (κ2) is 8.20. The van der Waals surface area contributed by atoms with Crippen LogP contribution in [-0.2, 0) is 13.1 Å². The van der Waals surface area contributed by atoms with Gasteiger partial charge >= 0.3 is 0 Å². The lowest BCUT2D eigenvalue weighted by Gasteiger charge is -2.46. The fourth-order valence-electron chi connectivity index (χ4n) is 3.96. The van der Waals surface area contributed by atoms with Crippen LogP contribution in [0.5, 0.6) is 5.75 Å². The van der Waals surface area contributed by atoms with Crippen molar-refractivity contribution in [3.05, 3.63) is 48.5 Å². The minimum absolute atomic E-state index is 0.660. The van der Waals surface area contributed by atoms with Crippen LogP contribution in [0.15, 0.2) is 43.0 Å². The first-order chi connectivity index (χ1) is 12.8. The van der Waals surface area contributed by atoms with Crippen molar-refractivity contribution in [2.45, 2.75) is 19.1 Å². The van der Waals surface area contributed by atoms with Crippen molar-refractivity contribution in [1.82, 2.24) is 24.3 Å². The molecule has 6 heteroatoms. The Balaban J connectivity index is 1.25. The van der Waals surface area contributed by atoms with Crippen LogP contribution in [0.3, 0.4) is 0 Å². The number of likely N-dealkylation sites (N-methyl/N-ethyl adjacent to an activating group) is 1. The average Bonchev–Trinajstić information content (AvgIpc) is 3.16. The molecule has 26 heavy (non-hydrogen) atoms. The number of hydrogen-bond donors (Lipinski definition) is 0. The molecule has 2 fully saturated rings. The maximum atomic E-state index is 5.83. The standard InChI is InChI=1S/C20H29N5O/c1-22-8-10-25-11-9-24(16-19(25)15-22)14-18-2-4-20(5-3-18)26-13-12-23-7-6-21-17-23/h2-7,17,19H,8-16H2,1H3/t19-/m1/s1. The molecule has 0 saturated carbocycles. The van der Waals surface area contributed by atoms with Crippen molar-refractivity contribution in [3.8, 4) is 5.75 Å². The maximum absolute atomic E-state index is 5.83. The van der Waals surface area contributed by atoms with Crippen LogP contribution in [-0.4, -0.2) is 83.2 Å². The third kappa shape index (κ3) is 4.44. The second-order valence-electron chi connectivity index (χ2n) is 7.48. The third-order valence-corrected chi connectivity index (χ3v) is 5.49. The monoisotopic (exact) mass is 355 g/mol. The SMILES string of the molecule is CN1CCN2CCN(Cc3ccc(OCCn4ccnc4)cc3)C[C@H]2C1. The van der Waals surface area contributed by atoms with Crippen LogP contribution < -0.4 is 4.74 Å². The van der Waals surface area contributed by atoms with E-state index < -0.39 is 0 Å². The summed E-state index contributed by atoms with van der Waals surface area (Å²) in [6, 6.07) is 9.27. The van der Waals surface area contributed by atoms with E-state index in [2.05, 4.69) is 51.0 Å². The molecule has 0 radical (unpaired) electrons. The van der Waals surface area contributed by atoms with E-state index >= 15 is 0 Å². The third-order valence-electron chi connectivity index (χ3n) is 5.49. The Hall–Kier alpha value is -1.89. The fourth-order valence-corrected chi connectivity index (χ4v) is 3.96. The molecule has 0 amide bonds. The average molecular weight is 355 g/mol. The molecule has 0 unspecified atom stereocenters. The summed E-state index contributed by atoms with van der Waals surface area (Å²) >= 11 is 0. The Morgan fingerprint density at radius 2 is 1.92 bits per heavy atom. The van der Waals surface area contributed by atoms with E-state index in [1.807, 2.05) is 17.1 Å². The first-order valence-electron chi connectivity index (χ1n) is 9.59.